The lowest BCUT2D eigenvalue weighted by atomic mass is 10.0. The topological polar surface area (TPSA) is 32.6 Å². The molecule has 16 heavy (non-hydrogen) atoms. The van der Waals surface area contributed by atoms with E-state index in [0.717, 1.165) is 6.42 Å². The zero-order chi connectivity index (χ0) is 11.5. The second kappa shape index (κ2) is 4.35. The lowest BCUT2D eigenvalue weighted by Gasteiger charge is -2.05. The standard InChI is InChI=1S/C14H15NO/c1-10-5-3-4-6-13(10)7-12-8-14(11(2)16)15-9-12/h3-6,8,16H,2,7,9H2,1H3. The van der Waals surface area contributed by atoms with Gasteiger partial charge in [-0.3, -0.25) is 4.99 Å². The molecule has 82 valence electrons. The molecule has 2 heteroatoms. The van der Waals surface area contributed by atoms with Gasteiger partial charge < -0.3 is 5.11 Å². The molecule has 0 aliphatic carbocycles. The highest BCUT2D eigenvalue weighted by atomic mass is 16.3. The van der Waals surface area contributed by atoms with Crippen molar-refractivity contribution < 1.29 is 5.11 Å². The van der Waals surface area contributed by atoms with Crippen molar-refractivity contribution in [2.75, 3.05) is 6.54 Å². The number of benzene rings is 1. The number of hydrogen-bond donors (Lipinski definition) is 1. The van der Waals surface area contributed by atoms with Crippen molar-refractivity contribution in [1.82, 2.24) is 0 Å². The molecule has 0 atom stereocenters. The average Bonchev–Trinajstić information content (AvgIpc) is 2.70. The highest BCUT2D eigenvalue weighted by Crippen LogP contribution is 2.17. The number of rotatable bonds is 3. The first kappa shape index (κ1) is 10.7. The van der Waals surface area contributed by atoms with Crippen LogP contribution >= 0.6 is 0 Å². The summed E-state index contributed by atoms with van der Waals surface area (Å²) in [7, 11) is 0. The molecule has 0 saturated carbocycles. The Morgan fingerprint density at radius 2 is 2.19 bits per heavy atom. The van der Waals surface area contributed by atoms with Gasteiger partial charge in [-0.1, -0.05) is 30.8 Å². The first-order valence-corrected chi connectivity index (χ1v) is 5.33. The van der Waals surface area contributed by atoms with Crippen LogP contribution in [0.4, 0.5) is 0 Å². The minimum absolute atomic E-state index is 0.0554. The first-order valence-electron chi connectivity index (χ1n) is 5.33. The molecule has 0 saturated heterocycles. The van der Waals surface area contributed by atoms with Crippen LogP contribution in [0.25, 0.3) is 0 Å². The van der Waals surface area contributed by atoms with Gasteiger partial charge in [-0.2, -0.15) is 0 Å². The van der Waals surface area contributed by atoms with E-state index in [2.05, 4.69) is 30.6 Å². The Bertz CT molecular complexity index is 483. The molecule has 1 N–H and O–H groups in total. The molecule has 2 rings (SSSR count). The predicted molar refractivity (Wildman–Crippen MR) is 67.0 cm³/mol. The van der Waals surface area contributed by atoms with Crippen molar-refractivity contribution in [3.8, 4) is 0 Å². The lowest BCUT2D eigenvalue weighted by Crippen LogP contribution is -1.95. The van der Waals surface area contributed by atoms with Gasteiger partial charge in [-0.15, -0.1) is 0 Å². The fraction of sp³-hybridized carbons (Fsp3) is 0.214. The highest BCUT2D eigenvalue weighted by Gasteiger charge is 2.11. The van der Waals surface area contributed by atoms with Crippen LogP contribution in [0.15, 0.2) is 53.2 Å². The normalized spacial score (nSPS) is 14.6. The molecule has 1 heterocycles. The molecule has 0 spiro atoms. The van der Waals surface area contributed by atoms with Crippen molar-refractivity contribution in [3.05, 3.63) is 59.4 Å². The number of aryl methyl sites for hydroxylation is 1. The molecule has 0 radical (unpaired) electrons. The summed E-state index contributed by atoms with van der Waals surface area (Å²) in [6, 6.07) is 8.32. The molecule has 0 aromatic heterocycles. The zero-order valence-corrected chi connectivity index (χ0v) is 9.40. The van der Waals surface area contributed by atoms with Crippen LogP contribution in [0.3, 0.4) is 0 Å². The summed E-state index contributed by atoms with van der Waals surface area (Å²) in [5, 5.41) is 9.22. The van der Waals surface area contributed by atoms with Gasteiger partial charge in [-0.25, -0.2) is 0 Å². The summed E-state index contributed by atoms with van der Waals surface area (Å²) < 4.78 is 0. The van der Waals surface area contributed by atoms with Crippen LogP contribution < -0.4 is 0 Å². The van der Waals surface area contributed by atoms with Crippen molar-refractivity contribution >= 4 is 5.71 Å². The van der Waals surface area contributed by atoms with Gasteiger partial charge in [0.15, 0.2) is 0 Å². The summed E-state index contributed by atoms with van der Waals surface area (Å²) in [5.74, 6) is 0.0554. The van der Waals surface area contributed by atoms with Crippen LogP contribution in [-0.4, -0.2) is 17.4 Å². The van der Waals surface area contributed by atoms with Gasteiger partial charge in [0, 0.05) is 0 Å². The number of nitrogens with zero attached hydrogens (tertiary/aromatic N) is 1. The van der Waals surface area contributed by atoms with E-state index in [0.29, 0.717) is 12.3 Å². The van der Waals surface area contributed by atoms with Crippen LogP contribution in [0, 0.1) is 6.92 Å². The van der Waals surface area contributed by atoms with Crippen LogP contribution in [0.5, 0.6) is 0 Å². The Morgan fingerprint density at radius 1 is 1.44 bits per heavy atom. The van der Waals surface area contributed by atoms with Crippen molar-refractivity contribution in [3.63, 3.8) is 0 Å². The number of allylic oxidation sites excluding steroid dienone is 1. The molecular formula is C14H15NO. The first-order chi connectivity index (χ1) is 7.66. The smallest absolute Gasteiger partial charge is 0.133 e. The van der Waals surface area contributed by atoms with Gasteiger partial charge in [-0.05, 0) is 36.1 Å². The SMILES string of the molecule is C=C(O)C1=NCC(Cc2ccccc2C)=C1. The largest absolute Gasteiger partial charge is 0.506 e. The summed E-state index contributed by atoms with van der Waals surface area (Å²) in [6.45, 7) is 6.25. The Morgan fingerprint density at radius 3 is 2.81 bits per heavy atom. The van der Waals surface area contributed by atoms with E-state index < -0.39 is 0 Å². The van der Waals surface area contributed by atoms with Crippen molar-refractivity contribution in [1.29, 1.82) is 0 Å². The minimum atomic E-state index is 0.0554. The van der Waals surface area contributed by atoms with E-state index in [1.54, 1.807) is 0 Å². The summed E-state index contributed by atoms with van der Waals surface area (Å²) in [6.07, 6.45) is 2.82. The van der Waals surface area contributed by atoms with Crippen molar-refractivity contribution in [2.24, 2.45) is 4.99 Å². The van der Waals surface area contributed by atoms with Crippen LogP contribution in [0.1, 0.15) is 11.1 Å². The summed E-state index contributed by atoms with van der Waals surface area (Å²) in [5.41, 5.74) is 4.44. The fourth-order valence-corrected chi connectivity index (χ4v) is 1.81. The Hall–Kier alpha value is -1.83. The molecule has 0 fully saturated rings. The molecular weight excluding hydrogens is 198 g/mol. The molecule has 1 aliphatic rings. The van der Waals surface area contributed by atoms with E-state index in [1.807, 2.05) is 18.2 Å². The van der Waals surface area contributed by atoms with Gasteiger partial charge in [0.1, 0.15) is 5.76 Å². The van der Waals surface area contributed by atoms with Gasteiger partial charge in [0.05, 0.1) is 12.3 Å². The number of aliphatic imine (C=N–C) groups is 1. The maximum Gasteiger partial charge on any atom is 0.133 e. The van der Waals surface area contributed by atoms with E-state index >= 15 is 0 Å². The van der Waals surface area contributed by atoms with E-state index in [9.17, 15) is 5.11 Å². The second-order valence-electron chi connectivity index (χ2n) is 4.05. The molecule has 0 unspecified atom stereocenters. The van der Waals surface area contributed by atoms with E-state index in [4.69, 9.17) is 0 Å². The van der Waals surface area contributed by atoms with Gasteiger partial charge >= 0.3 is 0 Å². The van der Waals surface area contributed by atoms with Crippen molar-refractivity contribution in [2.45, 2.75) is 13.3 Å². The third-order valence-electron chi connectivity index (χ3n) is 2.77. The van der Waals surface area contributed by atoms with Gasteiger partial charge in [0.25, 0.3) is 0 Å². The van der Waals surface area contributed by atoms with Crippen LogP contribution in [0.2, 0.25) is 0 Å². The maximum absolute atomic E-state index is 9.22. The summed E-state index contributed by atoms with van der Waals surface area (Å²) >= 11 is 0. The van der Waals surface area contributed by atoms with E-state index in [1.165, 1.54) is 16.7 Å². The van der Waals surface area contributed by atoms with Crippen LogP contribution in [-0.2, 0) is 6.42 Å². The third-order valence-corrected chi connectivity index (χ3v) is 2.77. The molecule has 1 aliphatic heterocycles. The number of aliphatic hydroxyl groups is 1. The molecule has 1 aromatic rings. The minimum Gasteiger partial charge on any atom is -0.506 e. The fourth-order valence-electron chi connectivity index (χ4n) is 1.81. The molecule has 0 amide bonds. The molecule has 2 nitrogen and oxygen atoms in total. The van der Waals surface area contributed by atoms with Gasteiger partial charge in [0.2, 0.25) is 0 Å². The predicted octanol–water partition coefficient (Wildman–Crippen LogP) is 2.99. The molecule has 1 aromatic carbocycles. The number of aliphatic hydroxyl groups excluding tert-OH is 1. The maximum atomic E-state index is 9.22. The second-order valence-corrected chi connectivity index (χ2v) is 4.05. The lowest BCUT2D eigenvalue weighted by molar-refractivity contribution is 0.446. The Balaban J connectivity index is 2.12. The van der Waals surface area contributed by atoms with E-state index in [-0.39, 0.29) is 5.76 Å². The average molecular weight is 213 g/mol. The Kier molecular flexibility index (Phi) is 2.91. The Labute approximate surface area is 95.7 Å². The third kappa shape index (κ3) is 2.22. The molecule has 0 bridgehead atoms. The number of hydrogen-bond acceptors (Lipinski definition) is 2. The summed E-state index contributed by atoms with van der Waals surface area (Å²) in [4.78, 5) is 4.22. The quantitative estimate of drug-likeness (QED) is 0.769. The highest BCUT2D eigenvalue weighted by molar-refractivity contribution is 6.08. The monoisotopic (exact) mass is 213 g/mol. The zero-order valence-electron chi connectivity index (χ0n) is 9.40.